The van der Waals surface area contributed by atoms with Gasteiger partial charge in [0, 0.05) is 51.3 Å². The molecule has 0 unspecified atom stereocenters. The van der Waals surface area contributed by atoms with Crippen LogP contribution in [0.15, 0.2) is 42.7 Å². The molecule has 1 aliphatic carbocycles. The Morgan fingerprint density at radius 3 is 2.41 bits per heavy atom. The molecule has 44 heavy (non-hydrogen) atoms. The molecule has 1 saturated carbocycles. The molecule has 0 bridgehead atoms. The van der Waals surface area contributed by atoms with Gasteiger partial charge in [-0.1, -0.05) is 30.3 Å². The fraction of sp³-hybridized carbons (Fsp3) is 0.567. The maximum atomic E-state index is 13.9. The van der Waals surface area contributed by atoms with Gasteiger partial charge in [0.2, 0.25) is 17.7 Å². The number of nitrogens with one attached hydrogen (secondary N) is 2. The first-order chi connectivity index (χ1) is 20.9. The summed E-state index contributed by atoms with van der Waals surface area (Å²) in [5, 5.41) is 9.06. The van der Waals surface area contributed by atoms with Crippen molar-refractivity contribution in [2.75, 3.05) is 33.2 Å². The van der Waals surface area contributed by atoms with Crippen LogP contribution in [0.5, 0.6) is 0 Å². The lowest BCUT2D eigenvalue weighted by molar-refractivity contribution is -0.151. The van der Waals surface area contributed by atoms with E-state index in [4.69, 9.17) is 4.74 Å². The van der Waals surface area contributed by atoms with Gasteiger partial charge >= 0.3 is 6.18 Å². The van der Waals surface area contributed by atoms with E-state index in [2.05, 4.69) is 15.7 Å². The Morgan fingerprint density at radius 1 is 1.09 bits per heavy atom. The summed E-state index contributed by atoms with van der Waals surface area (Å²) in [5.74, 6) is -1.86. The molecular weight excluding hydrogens is 581 g/mol. The smallest absolute Gasteiger partial charge is 0.371 e. The Labute approximate surface area is 253 Å². The van der Waals surface area contributed by atoms with Crippen molar-refractivity contribution in [3.05, 3.63) is 53.9 Å². The summed E-state index contributed by atoms with van der Waals surface area (Å²) < 4.78 is 45.1. The molecule has 2 N–H and O–H groups in total. The largest absolute Gasteiger partial charge is 0.408 e. The summed E-state index contributed by atoms with van der Waals surface area (Å²) in [6, 6.07) is 8.34. The van der Waals surface area contributed by atoms with Crippen LogP contribution in [-0.4, -0.2) is 94.8 Å². The number of hydrogen-bond donors (Lipinski definition) is 2. The summed E-state index contributed by atoms with van der Waals surface area (Å²) in [6.45, 7) is 1.20. The van der Waals surface area contributed by atoms with Gasteiger partial charge in [-0.25, -0.2) is 0 Å². The summed E-state index contributed by atoms with van der Waals surface area (Å²) in [6.07, 6.45) is -0.603. The molecule has 2 aliphatic heterocycles. The average Bonchev–Trinajstić information content (AvgIpc) is 3.50. The van der Waals surface area contributed by atoms with Gasteiger partial charge in [0.05, 0.1) is 30.4 Å². The molecule has 5 rings (SSSR count). The highest BCUT2D eigenvalue weighted by Crippen LogP contribution is 2.46. The number of rotatable bonds is 11. The van der Waals surface area contributed by atoms with Crippen LogP contribution >= 0.6 is 0 Å². The first-order valence-corrected chi connectivity index (χ1v) is 14.7. The second-order valence-electron chi connectivity index (χ2n) is 12.1. The third-order valence-corrected chi connectivity index (χ3v) is 8.65. The number of carbonyl (C=O) groups is 4. The van der Waals surface area contributed by atoms with E-state index >= 15 is 0 Å². The Morgan fingerprint density at radius 2 is 1.77 bits per heavy atom. The van der Waals surface area contributed by atoms with Crippen LogP contribution in [0, 0.1) is 17.3 Å². The molecule has 14 heteroatoms. The molecule has 3 heterocycles. The van der Waals surface area contributed by atoms with E-state index in [1.807, 2.05) is 30.3 Å². The third kappa shape index (κ3) is 7.22. The number of alkyl halides is 3. The van der Waals surface area contributed by atoms with E-state index in [1.54, 1.807) is 11.8 Å². The van der Waals surface area contributed by atoms with E-state index in [0.717, 1.165) is 30.8 Å². The molecule has 3 atom stereocenters. The van der Waals surface area contributed by atoms with Crippen LogP contribution in [0.25, 0.3) is 0 Å². The summed E-state index contributed by atoms with van der Waals surface area (Å²) in [4.78, 5) is 56.0. The predicted molar refractivity (Wildman–Crippen MR) is 151 cm³/mol. The molecule has 11 nitrogen and oxygen atoms in total. The number of amides is 4. The molecule has 238 valence electrons. The maximum Gasteiger partial charge on any atom is 0.408 e. The fourth-order valence-corrected chi connectivity index (χ4v) is 6.02. The van der Waals surface area contributed by atoms with Gasteiger partial charge in [-0.15, -0.1) is 0 Å². The van der Waals surface area contributed by atoms with Crippen molar-refractivity contribution in [1.29, 1.82) is 0 Å². The first-order valence-electron chi connectivity index (χ1n) is 14.7. The van der Waals surface area contributed by atoms with Crippen molar-refractivity contribution in [3.8, 4) is 0 Å². The Balaban J connectivity index is 1.31. The summed E-state index contributed by atoms with van der Waals surface area (Å²) >= 11 is 0. The lowest BCUT2D eigenvalue weighted by atomic mass is 9.71. The number of hydrogen-bond acceptors (Lipinski definition) is 6. The minimum Gasteiger partial charge on any atom is -0.371 e. The Hall–Kier alpha value is -3.94. The number of nitrogens with zero attached hydrogens (tertiary/aromatic N) is 4. The number of benzene rings is 1. The molecule has 2 saturated heterocycles. The van der Waals surface area contributed by atoms with Crippen LogP contribution < -0.4 is 10.6 Å². The van der Waals surface area contributed by atoms with Crippen LogP contribution in [0.3, 0.4) is 0 Å². The lowest BCUT2D eigenvalue weighted by Crippen LogP contribution is -2.65. The normalized spacial score (nSPS) is 20.6. The van der Waals surface area contributed by atoms with Gasteiger partial charge in [-0.3, -0.25) is 23.9 Å². The molecule has 0 radical (unpaired) electrons. The number of likely N-dealkylation sites (N-methyl/N-ethyl adjacent to an activating group) is 1. The van der Waals surface area contributed by atoms with E-state index in [-0.39, 0.29) is 44.3 Å². The monoisotopic (exact) mass is 618 g/mol. The van der Waals surface area contributed by atoms with E-state index in [0.29, 0.717) is 17.0 Å². The van der Waals surface area contributed by atoms with Crippen molar-refractivity contribution in [1.82, 2.24) is 30.2 Å². The highest BCUT2D eigenvalue weighted by molar-refractivity contribution is 5.95. The second-order valence-corrected chi connectivity index (χ2v) is 12.1. The molecule has 1 spiro atoms. The predicted octanol–water partition coefficient (Wildman–Crippen LogP) is 1.98. The summed E-state index contributed by atoms with van der Waals surface area (Å²) in [5.41, 5.74) is 0.106. The SMILES string of the molecule is CNC(=O)[C@@H](NC(=O)[C@@H]1CN(C(=O)c2cnn(CC(F)(F)F)c2)CC12CN(C(=O)CC1CC1)C2)[C@@H](C)OCc1ccccc1. The molecule has 3 fully saturated rings. The summed E-state index contributed by atoms with van der Waals surface area (Å²) in [7, 11) is 1.46. The minimum atomic E-state index is -4.50. The van der Waals surface area contributed by atoms with E-state index in [9.17, 15) is 32.3 Å². The molecular formula is C30H37F3N6O5. The molecule has 3 aliphatic rings. The maximum absolute atomic E-state index is 13.9. The topological polar surface area (TPSA) is 126 Å². The lowest BCUT2D eigenvalue weighted by Gasteiger charge is -2.50. The number of halogens is 3. The fourth-order valence-electron chi connectivity index (χ4n) is 6.02. The van der Waals surface area contributed by atoms with Crippen LogP contribution in [0.2, 0.25) is 0 Å². The quantitative estimate of drug-likeness (QED) is 0.397. The van der Waals surface area contributed by atoms with Crippen molar-refractivity contribution in [2.24, 2.45) is 17.3 Å². The first kappa shape index (κ1) is 31.5. The van der Waals surface area contributed by atoms with Crippen molar-refractivity contribution >= 4 is 23.6 Å². The molecule has 2 aromatic rings. The zero-order chi connectivity index (χ0) is 31.6. The zero-order valence-corrected chi connectivity index (χ0v) is 24.7. The van der Waals surface area contributed by atoms with Crippen LogP contribution in [-0.2, 0) is 32.3 Å². The van der Waals surface area contributed by atoms with E-state index in [1.165, 1.54) is 11.9 Å². The number of ether oxygens (including phenoxy) is 1. The second kappa shape index (κ2) is 12.6. The van der Waals surface area contributed by atoms with Crippen molar-refractivity contribution in [2.45, 2.75) is 57.7 Å². The van der Waals surface area contributed by atoms with Crippen molar-refractivity contribution in [3.63, 3.8) is 0 Å². The standard InChI is InChI=1S/C30H37F3N6O5/c1-19(44-14-21-6-4-3-5-7-21)25(27(42)34-2)36-26(41)23-13-37(28(43)22-11-35-39(12-22)18-30(31,32)33)15-29(23)16-38(17-29)24(40)10-20-8-9-20/h3-7,11-12,19-20,23,25H,8-10,13-18H2,1-2H3,(H,34,42)(H,36,41)/t19-,23+,25+/m1/s1. The van der Waals surface area contributed by atoms with Gasteiger partial charge in [-0.05, 0) is 31.2 Å². The van der Waals surface area contributed by atoms with Gasteiger partial charge < -0.3 is 25.2 Å². The van der Waals surface area contributed by atoms with Gasteiger partial charge in [-0.2, -0.15) is 18.3 Å². The number of likely N-dealkylation sites (tertiary alicyclic amines) is 2. The Kier molecular flexibility index (Phi) is 9.00. The van der Waals surface area contributed by atoms with E-state index < -0.39 is 53.9 Å². The minimum absolute atomic E-state index is 0.00154. The number of carbonyl (C=O) groups excluding carboxylic acids is 4. The van der Waals surface area contributed by atoms with Gasteiger partial charge in [0.15, 0.2) is 0 Å². The van der Waals surface area contributed by atoms with Crippen LogP contribution in [0.1, 0.15) is 42.1 Å². The molecule has 4 amide bonds. The average molecular weight is 619 g/mol. The van der Waals surface area contributed by atoms with Gasteiger partial charge in [0.1, 0.15) is 12.6 Å². The van der Waals surface area contributed by atoms with Gasteiger partial charge in [0.25, 0.3) is 5.91 Å². The van der Waals surface area contributed by atoms with Crippen molar-refractivity contribution < 1.29 is 37.1 Å². The third-order valence-electron chi connectivity index (χ3n) is 8.65. The molecule has 1 aromatic heterocycles. The molecule has 1 aromatic carbocycles. The highest BCUT2D eigenvalue weighted by Gasteiger charge is 2.59. The zero-order valence-electron chi connectivity index (χ0n) is 24.7. The van der Waals surface area contributed by atoms with Crippen LogP contribution in [0.4, 0.5) is 13.2 Å². The Bertz CT molecular complexity index is 1370. The highest BCUT2D eigenvalue weighted by atomic mass is 19.4. The number of aromatic nitrogens is 2.